The number of nitrogens with zero attached hydrogens (tertiary/aromatic N) is 1. The molecule has 0 bridgehead atoms. The van der Waals surface area contributed by atoms with E-state index in [4.69, 9.17) is 16.2 Å². The number of carbonyl (C=O) groups excluding carboxylic acids is 2. The number of hydrogen-bond acceptors (Lipinski definition) is 5. The Hall–Kier alpha value is -2.44. The molecule has 24 heavy (non-hydrogen) atoms. The molecule has 1 fully saturated rings. The fourth-order valence-electron chi connectivity index (χ4n) is 2.62. The Labute approximate surface area is 142 Å². The third kappa shape index (κ3) is 4.78. The molecule has 132 valence electrons. The molecule has 2 amide bonds. The molecule has 1 heterocycles. The number of nitrogens with two attached hydrogens (primary N) is 2. The van der Waals surface area contributed by atoms with E-state index in [1.165, 1.54) is 0 Å². The molecule has 1 aromatic rings. The Kier molecular flexibility index (Phi) is 5.21. The average molecular weight is 334 g/mol. The van der Waals surface area contributed by atoms with Gasteiger partial charge in [-0.3, -0.25) is 4.79 Å². The van der Waals surface area contributed by atoms with E-state index in [1.807, 2.05) is 20.8 Å². The monoisotopic (exact) mass is 334 g/mol. The number of carbonyl (C=O) groups is 2. The largest absolute Gasteiger partial charge is 0.444 e. The molecule has 2 rings (SSSR count). The van der Waals surface area contributed by atoms with E-state index in [-0.39, 0.29) is 6.09 Å². The molecular weight excluding hydrogens is 308 g/mol. The predicted octanol–water partition coefficient (Wildman–Crippen LogP) is 2.04. The average Bonchev–Trinajstić information content (AvgIpc) is 2.93. The Balaban J connectivity index is 1.86. The highest BCUT2D eigenvalue weighted by atomic mass is 16.6. The van der Waals surface area contributed by atoms with Crippen LogP contribution < -0.4 is 16.8 Å². The first-order valence-electron chi connectivity index (χ1n) is 8.07. The van der Waals surface area contributed by atoms with Gasteiger partial charge in [-0.05, 0) is 51.3 Å². The number of likely N-dealkylation sites (tertiary alicyclic amines) is 1. The van der Waals surface area contributed by atoms with E-state index in [0.717, 1.165) is 12.1 Å². The minimum absolute atomic E-state index is 0.268. The number of amides is 2. The summed E-state index contributed by atoms with van der Waals surface area (Å²) in [7, 11) is 0. The van der Waals surface area contributed by atoms with Crippen LogP contribution in [0.4, 0.5) is 16.2 Å². The summed E-state index contributed by atoms with van der Waals surface area (Å²) >= 11 is 0. The van der Waals surface area contributed by atoms with Crippen LogP contribution in [0.3, 0.4) is 0 Å². The molecule has 0 aliphatic carbocycles. The Morgan fingerprint density at radius 1 is 1.38 bits per heavy atom. The summed E-state index contributed by atoms with van der Waals surface area (Å²) in [5.74, 6) is -0.176. The normalized spacial score (nSPS) is 17.6. The molecule has 7 heteroatoms. The lowest BCUT2D eigenvalue weighted by atomic mass is 10.1. The highest BCUT2D eigenvalue weighted by molar-refractivity contribution is 5.94. The van der Waals surface area contributed by atoms with Crippen molar-refractivity contribution in [2.45, 2.75) is 32.8 Å². The minimum atomic E-state index is -0.503. The zero-order chi connectivity index (χ0) is 17.9. The van der Waals surface area contributed by atoms with E-state index in [2.05, 4.69) is 5.32 Å². The fourth-order valence-corrected chi connectivity index (χ4v) is 2.62. The van der Waals surface area contributed by atoms with E-state index >= 15 is 0 Å². The number of benzene rings is 1. The van der Waals surface area contributed by atoms with Gasteiger partial charge in [0.1, 0.15) is 5.60 Å². The van der Waals surface area contributed by atoms with Gasteiger partial charge in [0.05, 0.1) is 11.4 Å². The summed E-state index contributed by atoms with van der Waals surface area (Å²) in [6.07, 6.45) is 0.640. The van der Waals surface area contributed by atoms with Crippen molar-refractivity contribution in [2.75, 3.05) is 30.7 Å². The molecule has 1 aliphatic heterocycles. The van der Waals surface area contributed by atoms with Crippen LogP contribution in [0.5, 0.6) is 0 Å². The van der Waals surface area contributed by atoms with E-state index in [0.29, 0.717) is 36.8 Å². The number of hydrogen-bond donors (Lipinski definition) is 3. The Morgan fingerprint density at radius 2 is 2.08 bits per heavy atom. The van der Waals surface area contributed by atoms with Crippen molar-refractivity contribution >= 4 is 23.4 Å². The molecule has 0 spiro atoms. The van der Waals surface area contributed by atoms with Crippen molar-refractivity contribution in [3.8, 4) is 0 Å². The molecule has 1 aliphatic rings. The van der Waals surface area contributed by atoms with Gasteiger partial charge in [-0.1, -0.05) is 0 Å². The van der Waals surface area contributed by atoms with Gasteiger partial charge < -0.3 is 26.4 Å². The third-order valence-electron chi connectivity index (χ3n) is 3.85. The smallest absolute Gasteiger partial charge is 0.410 e. The summed E-state index contributed by atoms with van der Waals surface area (Å²) in [5, 5.41) is 3.27. The van der Waals surface area contributed by atoms with Crippen LogP contribution >= 0.6 is 0 Å². The number of rotatable bonds is 4. The standard InChI is InChI=1S/C17H26N4O3/c1-17(2,3)24-16(23)21-7-6-11(10-21)9-20-14-5-4-12(15(19)22)8-13(14)18/h4-5,8,11,20H,6-7,9-10,18H2,1-3H3,(H2,19,22)/t11-/m1/s1. The van der Waals surface area contributed by atoms with Gasteiger partial charge in [-0.2, -0.15) is 0 Å². The van der Waals surface area contributed by atoms with Gasteiger partial charge in [0.25, 0.3) is 0 Å². The Bertz CT molecular complexity index is 625. The van der Waals surface area contributed by atoms with Crippen molar-refractivity contribution < 1.29 is 14.3 Å². The highest BCUT2D eigenvalue weighted by Gasteiger charge is 2.29. The first kappa shape index (κ1) is 17.9. The summed E-state index contributed by atoms with van der Waals surface area (Å²) < 4.78 is 5.39. The van der Waals surface area contributed by atoms with Gasteiger partial charge in [0.15, 0.2) is 0 Å². The zero-order valence-corrected chi connectivity index (χ0v) is 14.5. The van der Waals surface area contributed by atoms with Crippen LogP contribution in [0, 0.1) is 5.92 Å². The lowest BCUT2D eigenvalue weighted by Gasteiger charge is -2.24. The van der Waals surface area contributed by atoms with Gasteiger partial charge in [0, 0.05) is 25.2 Å². The SMILES string of the molecule is CC(C)(C)OC(=O)N1CC[C@H](CNc2ccc(C(N)=O)cc2N)C1. The number of anilines is 2. The lowest BCUT2D eigenvalue weighted by Crippen LogP contribution is -2.35. The minimum Gasteiger partial charge on any atom is -0.444 e. The van der Waals surface area contributed by atoms with Crippen molar-refractivity contribution in [3.63, 3.8) is 0 Å². The fraction of sp³-hybridized carbons (Fsp3) is 0.529. The van der Waals surface area contributed by atoms with Crippen LogP contribution in [-0.2, 0) is 4.74 Å². The van der Waals surface area contributed by atoms with Gasteiger partial charge >= 0.3 is 6.09 Å². The summed E-state index contributed by atoms with van der Waals surface area (Å²) in [6.45, 7) is 7.62. The van der Waals surface area contributed by atoms with Crippen LogP contribution in [-0.4, -0.2) is 42.1 Å². The number of ether oxygens (including phenoxy) is 1. The van der Waals surface area contributed by atoms with E-state index in [9.17, 15) is 9.59 Å². The van der Waals surface area contributed by atoms with Crippen molar-refractivity contribution in [2.24, 2.45) is 11.7 Å². The summed E-state index contributed by atoms with van der Waals surface area (Å²) in [4.78, 5) is 24.9. The third-order valence-corrected chi connectivity index (χ3v) is 3.85. The van der Waals surface area contributed by atoms with E-state index < -0.39 is 11.5 Å². The molecule has 0 aromatic heterocycles. The number of primary amides is 1. The molecule has 7 nitrogen and oxygen atoms in total. The number of nitrogens with one attached hydrogen (secondary N) is 1. The molecule has 0 radical (unpaired) electrons. The maximum absolute atomic E-state index is 12.1. The molecule has 1 saturated heterocycles. The van der Waals surface area contributed by atoms with Gasteiger partial charge in [-0.15, -0.1) is 0 Å². The summed E-state index contributed by atoms with van der Waals surface area (Å²) in [6, 6.07) is 4.95. The van der Waals surface area contributed by atoms with Crippen molar-refractivity contribution in [1.82, 2.24) is 4.90 Å². The van der Waals surface area contributed by atoms with Crippen LogP contribution in [0.15, 0.2) is 18.2 Å². The van der Waals surface area contributed by atoms with Crippen LogP contribution in [0.2, 0.25) is 0 Å². The number of nitrogen functional groups attached to an aromatic ring is 1. The second-order valence-corrected chi connectivity index (χ2v) is 7.13. The molecule has 0 saturated carbocycles. The van der Waals surface area contributed by atoms with Gasteiger partial charge in [0.2, 0.25) is 5.91 Å². The van der Waals surface area contributed by atoms with E-state index in [1.54, 1.807) is 23.1 Å². The molecule has 1 atom stereocenters. The highest BCUT2D eigenvalue weighted by Crippen LogP contribution is 2.23. The van der Waals surface area contributed by atoms with Crippen molar-refractivity contribution in [3.05, 3.63) is 23.8 Å². The van der Waals surface area contributed by atoms with Gasteiger partial charge in [-0.25, -0.2) is 4.79 Å². The second-order valence-electron chi connectivity index (χ2n) is 7.13. The zero-order valence-electron chi connectivity index (χ0n) is 14.5. The van der Waals surface area contributed by atoms with Crippen molar-refractivity contribution in [1.29, 1.82) is 0 Å². The Morgan fingerprint density at radius 3 is 2.67 bits per heavy atom. The second kappa shape index (κ2) is 6.98. The molecule has 0 unspecified atom stereocenters. The lowest BCUT2D eigenvalue weighted by molar-refractivity contribution is 0.0289. The molecule has 5 N–H and O–H groups in total. The summed E-state index contributed by atoms with van der Waals surface area (Å²) in [5.41, 5.74) is 12.3. The molecular formula is C17H26N4O3. The predicted molar refractivity (Wildman–Crippen MR) is 93.8 cm³/mol. The maximum Gasteiger partial charge on any atom is 0.410 e. The first-order chi connectivity index (χ1) is 11.2. The quantitative estimate of drug-likeness (QED) is 0.730. The first-order valence-corrected chi connectivity index (χ1v) is 8.07. The molecule has 1 aromatic carbocycles. The van der Waals surface area contributed by atoms with Crippen LogP contribution in [0.1, 0.15) is 37.6 Å². The topological polar surface area (TPSA) is 111 Å². The van der Waals surface area contributed by atoms with Crippen LogP contribution in [0.25, 0.3) is 0 Å². The maximum atomic E-state index is 12.1.